The summed E-state index contributed by atoms with van der Waals surface area (Å²) >= 11 is 0. The summed E-state index contributed by atoms with van der Waals surface area (Å²) in [7, 11) is 1.46. The average molecular weight is 475 g/mol. The number of carbonyl (C=O) groups is 1. The van der Waals surface area contributed by atoms with Gasteiger partial charge in [-0.3, -0.25) is 4.79 Å². The second kappa shape index (κ2) is 11.0. The molecule has 4 heterocycles. The van der Waals surface area contributed by atoms with E-state index in [1.807, 2.05) is 12.1 Å². The summed E-state index contributed by atoms with van der Waals surface area (Å²) < 4.78 is 6.77. The lowest BCUT2D eigenvalue weighted by atomic mass is 9.94. The highest BCUT2D eigenvalue weighted by Gasteiger charge is 2.27. The van der Waals surface area contributed by atoms with Gasteiger partial charge in [0, 0.05) is 31.2 Å². The van der Waals surface area contributed by atoms with Crippen LogP contribution in [0.2, 0.25) is 0 Å². The molecule has 1 aromatic carbocycles. The number of rotatable bonds is 9. The molecule has 2 aliphatic rings. The summed E-state index contributed by atoms with van der Waals surface area (Å²) in [6.45, 7) is 3.98. The molecule has 0 spiro atoms. The second-order valence-electron chi connectivity index (χ2n) is 9.71. The monoisotopic (exact) mass is 474 g/mol. The number of pyridine rings is 1. The van der Waals surface area contributed by atoms with Crippen LogP contribution in [0.4, 0.5) is 5.82 Å². The minimum atomic E-state index is -0.177. The molecule has 1 N–H and O–H groups in total. The van der Waals surface area contributed by atoms with E-state index in [-0.39, 0.29) is 11.9 Å². The van der Waals surface area contributed by atoms with Gasteiger partial charge in [0.25, 0.3) is 0 Å². The van der Waals surface area contributed by atoms with Crippen LogP contribution in [-0.2, 0) is 22.4 Å². The fourth-order valence-electron chi connectivity index (χ4n) is 5.32. The van der Waals surface area contributed by atoms with E-state index >= 15 is 0 Å². The first-order chi connectivity index (χ1) is 17.2. The number of ether oxygens (including phenoxy) is 1. The molecular weight excluding hydrogens is 440 g/mol. The van der Waals surface area contributed by atoms with Crippen LogP contribution in [0.15, 0.2) is 49.1 Å². The lowest BCUT2D eigenvalue weighted by Crippen LogP contribution is -2.28. The maximum atomic E-state index is 12.2. The van der Waals surface area contributed by atoms with Gasteiger partial charge in [-0.05, 0) is 73.9 Å². The summed E-state index contributed by atoms with van der Waals surface area (Å²) in [5.41, 5.74) is 4.60. The van der Waals surface area contributed by atoms with Crippen LogP contribution in [0, 0.1) is 5.92 Å². The van der Waals surface area contributed by atoms with Crippen molar-refractivity contribution in [3.8, 4) is 5.69 Å². The lowest BCUT2D eigenvalue weighted by Gasteiger charge is -2.24. The number of fused-ring (bicyclic) bond motifs is 1. The number of likely N-dealkylation sites (tertiary alicyclic amines) is 1. The Balaban J connectivity index is 1.20. The standard InChI is InChI=1S/C27H34N6O2/c1-35-26(34)15-23(22-4-2-6-25(14-22)33-19-28-18-30-33)17-32-13-11-20(16-32)7-9-24-10-8-21-5-3-12-29-27(21)31-24/h2,4,6,8,10,14,18-20,23H,3,5,7,9,11-13,15-17H2,1H3,(H,29,31)/t20-,23-/m1/s1. The van der Waals surface area contributed by atoms with Crippen LogP contribution in [-0.4, -0.2) is 63.9 Å². The number of benzene rings is 1. The molecule has 0 bridgehead atoms. The van der Waals surface area contributed by atoms with E-state index in [4.69, 9.17) is 9.72 Å². The fraction of sp³-hybridized carbons (Fsp3) is 0.481. The van der Waals surface area contributed by atoms with Crippen molar-refractivity contribution < 1.29 is 9.53 Å². The zero-order valence-electron chi connectivity index (χ0n) is 20.4. The minimum absolute atomic E-state index is 0.0676. The largest absolute Gasteiger partial charge is 0.469 e. The van der Waals surface area contributed by atoms with Crippen LogP contribution in [0.3, 0.4) is 0 Å². The fourth-order valence-corrected chi connectivity index (χ4v) is 5.32. The normalized spacial score (nSPS) is 18.6. The van der Waals surface area contributed by atoms with Gasteiger partial charge in [0.1, 0.15) is 18.5 Å². The van der Waals surface area contributed by atoms with Crippen LogP contribution in [0.1, 0.15) is 48.4 Å². The zero-order valence-corrected chi connectivity index (χ0v) is 20.4. The van der Waals surface area contributed by atoms with Crippen LogP contribution in [0.5, 0.6) is 0 Å². The Morgan fingerprint density at radius 2 is 2.23 bits per heavy atom. The average Bonchev–Trinajstić information content (AvgIpc) is 3.60. The van der Waals surface area contributed by atoms with Gasteiger partial charge in [-0.25, -0.2) is 14.6 Å². The first kappa shape index (κ1) is 23.5. The van der Waals surface area contributed by atoms with Crippen molar-refractivity contribution in [3.05, 3.63) is 65.9 Å². The van der Waals surface area contributed by atoms with E-state index in [2.05, 4.69) is 44.6 Å². The van der Waals surface area contributed by atoms with Gasteiger partial charge in [0.15, 0.2) is 0 Å². The minimum Gasteiger partial charge on any atom is -0.469 e. The first-order valence-electron chi connectivity index (χ1n) is 12.6. The molecule has 2 aliphatic heterocycles. The number of hydrogen-bond donors (Lipinski definition) is 1. The predicted octanol–water partition coefficient (Wildman–Crippen LogP) is 3.62. The Hall–Kier alpha value is -3.26. The van der Waals surface area contributed by atoms with Gasteiger partial charge in [-0.2, -0.15) is 5.10 Å². The van der Waals surface area contributed by atoms with Crippen molar-refractivity contribution in [3.63, 3.8) is 0 Å². The third-order valence-corrected chi connectivity index (χ3v) is 7.27. The molecule has 0 aliphatic carbocycles. The van der Waals surface area contributed by atoms with Crippen molar-refractivity contribution in [2.24, 2.45) is 5.92 Å². The Morgan fingerprint density at radius 3 is 3.09 bits per heavy atom. The van der Waals surface area contributed by atoms with Gasteiger partial charge in [0.2, 0.25) is 0 Å². The van der Waals surface area contributed by atoms with E-state index in [0.29, 0.717) is 12.3 Å². The molecule has 2 aromatic heterocycles. The molecule has 2 atom stereocenters. The van der Waals surface area contributed by atoms with E-state index < -0.39 is 0 Å². The Morgan fingerprint density at radius 1 is 1.29 bits per heavy atom. The summed E-state index contributed by atoms with van der Waals surface area (Å²) in [5.74, 6) is 1.63. The smallest absolute Gasteiger partial charge is 0.306 e. The number of aromatic nitrogens is 4. The van der Waals surface area contributed by atoms with Gasteiger partial charge >= 0.3 is 5.97 Å². The molecule has 1 fully saturated rings. The number of hydrogen-bond acceptors (Lipinski definition) is 7. The van der Waals surface area contributed by atoms with Gasteiger partial charge in [0.05, 0.1) is 19.2 Å². The number of anilines is 1. The number of esters is 1. The van der Waals surface area contributed by atoms with E-state index in [1.54, 1.807) is 11.0 Å². The molecular formula is C27H34N6O2. The maximum absolute atomic E-state index is 12.2. The van der Waals surface area contributed by atoms with E-state index in [0.717, 1.165) is 62.5 Å². The molecule has 5 rings (SSSR count). The Bertz CT molecular complexity index is 1130. The first-order valence-corrected chi connectivity index (χ1v) is 12.6. The molecule has 184 valence electrons. The van der Waals surface area contributed by atoms with Crippen LogP contribution < -0.4 is 5.32 Å². The van der Waals surface area contributed by atoms with Gasteiger partial charge in [-0.1, -0.05) is 18.2 Å². The zero-order chi connectivity index (χ0) is 24.0. The number of methoxy groups -OCH3 is 1. The molecule has 0 saturated carbocycles. The van der Waals surface area contributed by atoms with Crippen molar-refractivity contribution in [1.29, 1.82) is 0 Å². The summed E-state index contributed by atoms with van der Waals surface area (Å²) in [6, 6.07) is 12.7. The molecule has 0 radical (unpaired) electrons. The molecule has 35 heavy (non-hydrogen) atoms. The quantitative estimate of drug-likeness (QED) is 0.474. The van der Waals surface area contributed by atoms with Crippen molar-refractivity contribution in [1.82, 2.24) is 24.6 Å². The molecule has 0 unspecified atom stereocenters. The third kappa shape index (κ3) is 5.88. The van der Waals surface area contributed by atoms with Gasteiger partial charge in [-0.15, -0.1) is 0 Å². The van der Waals surface area contributed by atoms with Crippen LogP contribution >= 0.6 is 0 Å². The highest BCUT2D eigenvalue weighted by molar-refractivity contribution is 5.70. The molecule has 8 nitrogen and oxygen atoms in total. The SMILES string of the molecule is COC(=O)C[C@H](CN1CC[C@@H](CCc2ccc3c(n2)NCCC3)C1)c1cccc(-n2cncn2)c1. The summed E-state index contributed by atoms with van der Waals surface area (Å²) in [6.07, 6.45) is 9.24. The topological polar surface area (TPSA) is 85.2 Å². The molecule has 8 heteroatoms. The molecule has 3 aromatic rings. The Labute approximate surface area is 206 Å². The van der Waals surface area contributed by atoms with E-state index in [1.165, 1.54) is 37.5 Å². The predicted molar refractivity (Wildman–Crippen MR) is 135 cm³/mol. The third-order valence-electron chi connectivity index (χ3n) is 7.27. The highest BCUT2D eigenvalue weighted by Crippen LogP contribution is 2.29. The maximum Gasteiger partial charge on any atom is 0.306 e. The second-order valence-corrected chi connectivity index (χ2v) is 9.71. The van der Waals surface area contributed by atoms with Crippen molar-refractivity contribution in [2.45, 2.75) is 44.4 Å². The summed E-state index contributed by atoms with van der Waals surface area (Å²) in [5, 5.41) is 7.68. The molecule has 1 saturated heterocycles. The van der Waals surface area contributed by atoms with Gasteiger partial charge < -0.3 is 15.0 Å². The number of nitrogens with zero attached hydrogens (tertiary/aromatic N) is 5. The Kier molecular flexibility index (Phi) is 7.37. The highest BCUT2D eigenvalue weighted by atomic mass is 16.5. The number of carbonyl (C=O) groups excluding carboxylic acids is 1. The lowest BCUT2D eigenvalue weighted by molar-refractivity contribution is -0.141. The van der Waals surface area contributed by atoms with Crippen LogP contribution in [0.25, 0.3) is 5.69 Å². The molecule has 0 amide bonds. The summed E-state index contributed by atoms with van der Waals surface area (Å²) in [4.78, 5) is 23.6. The number of aryl methyl sites for hydroxylation is 2. The van der Waals surface area contributed by atoms with Crippen molar-refractivity contribution >= 4 is 11.8 Å². The van der Waals surface area contributed by atoms with E-state index in [9.17, 15) is 4.79 Å². The van der Waals surface area contributed by atoms with Crippen molar-refractivity contribution in [2.75, 3.05) is 38.6 Å². The number of nitrogens with one attached hydrogen (secondary N) is 1.